The maximum Gasteiger partial charge on any atom is 0.186 e. The molecule has 0 aromatic carbocycles. The average Bonchev–Trinajstić information content (AvgIpc) is 2.56. The highest BCUT2D eigenvalue weighted by atomic mass is 15.4. The molecule has 1 aromatic heterocycles. The molecule has 0 fully saturated rings. The van der Waals surface area contributed by atoms with Crippen LogP contribution in [0.15, 0.2) is 0 Å². The second-order valence-electron chi connectivity index (χ2n) is 4.73. The van der Waals surface area contributed by atoms with Gasteiger partial charge in [-0.3, -0.25) is 0 Å². The fourth-order valence-electron chi connectivity index (χ4n) is 1.60. The summed E-state index contributed by atoms with van der Waals surface area (Å²) in [7, 11) is 0. The van der Waals surface area contributed by atoms with Crippen molar-refractivity contribution in [2.75, 3.05) is 0 Å². The van der Waals surface area contributed by atoms with E-state index in [2.05, 4.69) is 44.1 Å². The van der Waals surface area contributed by atoms with Crippen LogP contribution in [0.25, 0.3) is 0 Å². The molecule has 0 saturated carbocycles. The van der Waals surface area contributed by atoms with E-state index in [1.807, 2.05) is 4.68 Å². The lowest BCUT2D eigenvalue weighted by molar-refractivity contribution is 0.466. The van der Waals surface area contributed by atoms with Crippen molar-refractivity contribution in [2.45, 2.75) is 52.5 Å². The minimum absolute atomic E-state index is 0.0810. The van der Waals surface area contributed by atoms with Crippen molar-refractivity contribution in [1.29, 1.82) is 5.26 Å². The highest BCUT2D eigenvalue weighted by Crippen LogP contribution is 2.24. The van der Waals surface area contributed by atoms with Crippen LogP contribution in [-0.4, -0.2) is 15.0 Å². The number of hydrogen-bond donors (Lipinski definition) is 0. The van der Waals surface area contributed by atoms with Gasteiger partial charge in [0.2, 0.25) is 0 Å². The van der Waals surface area contributed by atoms with Crippen LogP contribution in [0.3, 0.4) is 0 Å². The molecule has 0 amide bonds. The average molecular weight is 206 g/mol. The third-order valence-corrected chi connectivity index (χ3v) is 2.27. The summed E-state index contributed by atoms with van der Waals surface area (Å²) >= 11 is 0. The van der Waals surface area contributed by atoms with Gasteiger partial charge < -0.3 is 0 Å². The molecule has 0 N–H and O–H groups in total. The standard InChI is InChI=1S/C11H18N4/c1-5-6-7-15-10(11(2,3)4)9(8-12)13-14-15/h5-7H2,1-4H3. The highest BCUT2D eigenvalue weighted by Gasteiger charge is 2.24. The molecule has 0 aliphatic rings. The van der Waals surface area contributed by atoms with Crippen LogP contribution < -0.4 is 0 Å². The second kappa shape index (κ2) is 4.43. The fraction of sp³-hybridized carbons (Fsp3) is 0.727. The van der Waals surface area contributed by atoms with Gasteiger partial charge in [-0.1, -0.05) is 39.3 Å². The first-order chi connectivity index (χ1) is 7.00. The van der Waals surface area contributed by atoms with E-state index >= 15 is 0 Å². The molecule has 82 valence electrons. The summed E-state index contributed by atoms with van der Waals surface area (Å²) in [4.78, 5) is 0. The Kier molecular flexibility index (Phi) is 3.46. The van der Waals surface area contributed by atoms with Gasteiger partial charge in [0.1, 0.15) is 6.07 Å². The molecule has 0 radical (unpaired) electrons. The number of nitriles is 1. The van der Waals surface area contributed by atoms with Gasteiger partial charge in [-0.15, -0.1) is 5.10 Å². The number of nitrogens with zero attached hydrogens (tertiary/aromatic N) is 4. The maximum absolute atomic E-state index is 8.95. The van der Waals surface area contributed by atoms with Gasteiger partial charge in [0.05, 0.1) is 5.69 Å². The third-order valence-electron chi connectivity index (χ3n) is 2.27. The van der Waals surface area contributed by atoms with E-state index in [0.717, 1.165) is 25.1 Å². The predicted molar refractivity (Wildman–Crippen MR) is 58.3 cm³/mol. The molecule has 15 heavy (non-hydrogen) atoms. The zero-order valence-corrected chi connectivity index (χ0v) is 9.91. The molecular formula is C11H18N4. The van der Waals surface area contributed by atoms with Crippen LogP contribution in [0.2, 0.25) is 0 Å². The Morgan fingerprint density at radius 3 is 2.53 bits per heavy atom. The molecule has 0 aliphatic heterocycles. The highest BCUT2D eigenvalue weighted by molar-refractivity contribution is 5.29. The van der Waals surface area contributed by atoms with E-state index in [-0.39, 0.29) is 5.41 Å². The summed E-state index contributed by atoms with van der Waals surface area (Å²) < 4.78 is 1.86. The maximum atomic E-state index is 8.95. The SMILES string of the molecule is CCCCn1nnc(C#N)c1C(C)(C)C. The molecule has 4 heteroatoms. The Morgan fingerprint density at radius 1 is 1.40 bits per heavy atom. The number of aromatic nitrogens is 3. The Bertz CT molecular complexity index is 365. The third kappa shape index (κ3) is 2.56. The smallest absolute Gasteiger partial charge is 0.186 e. The zero-order chi connectivity index (χ0) is 11.5. The molecule has 1 rings (SSSR count). The largest absolute Gasteiger partial charge is 0.247 e. The Hall–Kier alpha value is -1.37. The Labute approximate surface area is 90.9 Å². The molecule has 0 unspecified atom stereocenters. The zero-order valence-electron chi connectivity index (χ0n) is 9.91. The van der Waals surface area contributed by atoms with Crippen LogP contribution in [0.5, 0.6) is 0 Å². The Balaban J connectivity index is 3.08. The van der Waals surface area contributed by atoms with Gasteiger partial charge in [0.15, 0.2) is 5.69 Å². The molecule has 0 saturated heterocycles. The summed E-state index contributed by atoms with van der Waals surface area (Å²) in [6.45, 7) is 9.22. The van der Waals surface area contributed by atoms with Gasteiger partial charge in [-0.05, 0) is 6.42 Å². The molecule has 0 spiro atoms. The van der Waals surface area contributed by atoms with Gasteiger partial charge in [-0.2, -0.15) is 5.26 Å². The van der Waals surface area contributed by atoms with Crippen LogP contribution >= 0.6 is 0 Å². The van der Waals surface area contributed by atoms with Crippen molar-refractivity contribution in [3.63, 3.8) is 0 Å². The molecular weight excluding hydrogens is 188 g/mol. The molecule has 0 bridgehead atoms. The normalized spacial score (nSPS) is 11.4. The first-order valence-corrected chi connectivity index (χ1v) is 5.34. The van der Waals surface area contributed by atoms with Crippen molar-refractivity contribution in [2.24, 2.45) is 0 Å². The van der Waals surface area contributed by atoms with E-state index in [0.29, 0.717) is 5.69 Å². The van der Waals surface area contributed by atoms with Crippen molar-refractivity contribution >= 4 is 0 Å². The minimum Gasteiger partial charge on any atom is -0.247 e. The minimum atomic E-state index is -0.0810. The topological polar surface area (TPSA) is 54.5 Å². The van der Waals surface area contributed by atoms with Crippen molar-refractivity contribution in [1.82, 2.24) is 15.0 Å². The summed E-state index contributed by atoms with van der Waals surface area (Å²) in [6.07, 6.45) is 2.18. The van der Waals surface area contributed by atoms with Crippen molar-refractivity contribution in [3.05, 3.63) is 11.4 Å². The fourth-order valence-corrected chi connectivity index (χ4v) is 1.60. The van der Waals surface area contributed by atoms with Crippen LogP contribution in [0.1, 0.15) is 51.9 Å². The Morgan fingerprint density at radius 2 is 2.07 bits per heavy atom. The van der Waals surface area contributed by atoms with E-state index in [1.54, 1.807) is 0 Å². The van der Waals surface area contributed by atoms with E-state index < -0.39 is 0 Å². The van der Waals surface area contributed by atoms with Crippen LogP contribution in [0.4, 0.5) is 0 Å². The summed E-state index contributed by atoms with van der Waals surface area (Å²) in [5.41, 5.74) is 1.32. The van der Waals surface area contributed by atoms with Gasteiger partial charge >= 0.3 is 0 Å². The van der Waals surface area contributed by atoms with E-state index in [9.17, 15) is 0 Å². The van der Waals surface area contributed by atoms with E-state index in [1.165, 1.54) is 0 Å². The van der Waals surface area contributed by atoms with Crippen molar-refractivity contribution in [3.8, 4) is 6.07 Å². The number of hydrogen-bond acceptors (Lipinski definition) is 3. The van der Waals surface area contributed by atoms with Crippen LogP contribution in [-0.2, 0) is 12.0 Å². The van der Waals surface area contributed by atoms with Crippen LogP contribution in [0, 0.1) is 11.3 Å². The van der Waals surface area contributed by atoms with E-state index in [4.69, 9.17) is 5.26 Å². The number of aryl methyl sites for hydroxylation is 1. The van der Waals surface area contributed by atoms with Gasteiger partial charge in [0, 0.05) is 12.0 Å². The summed E-state index contributed by atoms with van der Waals surface area (Å²) in [5.74, 6) is 0. The summed E-state index contributed by atoms with van der Waals surface area (Å²) in [6, 6.07) is 2.10. The first-order valence-electron chi connectivity index (χ1n) is 5.34. The molecule has 0 atom stereocenters. The molecule has 4 nitrogen and oxygen atoms in total. The first kappa shape index (κ1) is 11.7. The lowest BCUT2D eigenvalue weighted by Crippen LogP contribution is -2.20. The second-order valence-corrected chi connectivity index (χ2v) is 4.73. The molecule has 0 aliphatic carbocycles. The monoisotopic (exact) mass is 206 g/mol. The number of unbranched alkanes of at least 4 members (excludes halogenated alkanes) is 1. The predicted octanol–water partition coefficient (Wildman–Crippen LogP) is 2.25. The molecule has 1 aromatic rings. The van der Waals surface area contributed by atoms with Crippen molar-refractivity contribution < 1.29 is 0 Å². The number of rotatable bonds is 3. The van der Waals surface area contributed by atoms with Gasteiger partial charge in [0.25, 0.3) is 0 Å². The van der Waals surface area contributed by atoms with Gasteiger partial charge in [-0.25, -0.2) is 4.68 Å². The summed E-state index contributed by atoms with van der Waals surface area (Å²) in [5, 5.41) is 16.9. The molecule has 1 heterocycles. The lowest BCUT2D eigenvalue weighted by atomic mass is 9.90. The lowest BCUT2D eigenvalue weighted by Gasteiger charge is -2.19. The quantitative estimate of drug-likeness (QED) is 0.762.